The molecule has 0 amide bonds. The molecule has 2 aromatic rings. The van der Waals surface area contributed by atoms with Gasteiger partial charge in [-0.15, -0.1) is 0 Å². The summed E-state index contributed by atoms with van der Waals surface area (Å²) in [6.07, 6.45) is -7.69. The molecule has 1 heterocycles. The predicted octanol–water partition coefficient (Wildman–Crippen LogP) is 4.06. The lowest BCUT2D eigenvalue weighted by Crippen LogP contribution is -2.42. The van der Waals surface area contributed by atoms with Crippen molar-refractivity contribution >= 4 is 11.6 Å². The van der Waals surface area contributed by atoms with Gasteiger partial charge in [-0.25, -0.2) is 4.98 Å². The maximum atomic E-state index is 13.0. The molecule has 0 saturated heterocycles. The zero-order chi connectivity index (χ0) is 15.0. The highest BCUT2D eigenvalue weighted by molar-refractivity contribution is 6.32. The van der Waals surface area contributed by atoms with E-state index in [1.54, 1.807) is 0 Å². The Kier molecular flexibility index (Phi) is 3.59. The Morgan fingerprint density at radius 2 is 1.90 bits per heavy atom. The SMILES string of the molecule is FC(F)(F)C(F)(F)Oc1c(Cl)cccc1-c1c[nH][c]n1. The van der Waals surface area contributed by atoms with Crippen LogP contribution < -0.4 is 4.74 Å². The smallest absolute Gasteiger partial charge is 0.423 e. The molecule has 0 spiro atoms. The minimum atomic E-state index is -5.86. The molecule has 0 saturated carbocycles. The molecule has 2 rings (SSSR count). The number of ether oxygens (including phenoxy) is 1. The fourth-order valence-electron chi connectivity index (χ4n) is 1.36. The van der Waals surface area contributed by atoms with Gasteiger partial charge in [-0.1, -0.05) is 17.7 Å². The molecule has 0 atom stereocenters. The minimum absolute atomic E-state index is 0.0699. The first kappa shape index (κ1) is 14.6. The highest BCUT2D eigenvalue weighted by Gasteiger charge is 2.61. The van der Waals surface area contributed by atoms with E-state index in [0.29, 0.717) is 0 Å². The van der Waals surface area contributed by atoms with E-state index < -0.39 is 23.1 Å². The van der Waals surface area contributed by atoms with Crippen LogP contribution in [0.25, 0.3) is 11.3 Å². The molecule has 0 aliphatic heterocycles. The number of nitrogens with one attached hydrogen (secondary N) is 1. The molecule has 1 radical (unpaired) electrons. The van der Waals surface area contributed by atoms with Gasteiger partial charge in [0.05, 0.1) is 10.7 Å². The van der Waals surface area contributed by atoms with Crippen LogP contribution in [0.5, 0.6) is 5.75 Å². The van der Waals surface area contributed by atoms with Crippen LogP contribution in [-0.4, -0.2) is 22.3 Å². The summed E-state index contributed by atoms with van der Waals surface area (Å²) in [5.74, 6) is -0.808. The molecule has 0 aliphatic carbocycles. The molecule has 1 N–H and O–H groups in total. The number of H-pyrrole nitrogens is 1. The van der Waals surface area contributed by atoms with Gasteiger partial charge in [0.1, 0.15) is 0 Å². The second kappa shape index (κ2) is 4.93. The molecule has 1 aromatic carbocycles. The van der Waals surface area contributed by atoms with Gasteiger partial charge in [-0.3, -0.25) is 0 Å². The number of benzene rings is 1. The molecule has 9 heteroatoms. The van der Waals surface area contributed by atoms with Crippen LogP contribution >= 0.6 is 11.6 Å². The number of nitrogens with zero attached hydrogens (tertiary/aromatic N) is 1. The second-order valence-corrected chi connectivity index (χ2v) is 4.04. The monoisotopic (exact) mass is 311 g/mol. The zero-order valence-electron chi connectivity index (χ0n) is 9.43. The number of aromatic amines is 1. The average molecular weight is 312 g/mol. The molecule has 1 aromatic heterocycles. The lowest BCUT2D eigenvalue weighted by Gasteiger charge is -2.22. The van der Waals surface area contributed by atoms with Crippen molar-refractivity contribution in [2.45, 2.75) is 12.3 Å². The van der Waals surface area contributed by atoms with E-state index in [-0.39, 0.29) is 11.3 Å². The molecule has 0 fully saturated rings. The number of imidazole rings is 1. The van der Waals surface area contributed by atoms with Crippen LogP contribution in [0.1, 0.15) is 0 Å². The molecule has 0 unspecified atom stereocenters. The number of aromatic nitrogens is 2. The van der Waals surface area contributed by atoms with Crippen LogP contribution in [0.2, 0.25) is 5.02 Å². The Bertz CT molecular complexity index is 597. The van der Waals surface area contributed by atoms with Crippen molar-refractivity contribution in [3.8, 4) is 17.0 Å². The average Bonchev–Trinajstić information content (AvgIpc) is 2.83. The Hall–Kier alpha value is -1.83. The third-order valence-corrected chi connectivity index (χ3v) is 2.55. The summed E-state index contributed by atoms with van der Waals surface area (Å²) in [7, 11) is 0. The summed E-state index contributed by atoms with van der Waals surface area (Å²) in [4.78, 5) is 6.06. The topological polar surface area (TPSA) is 37.9 Å². The largest absolute Gasteiger partial charge is 0.499 e. The van der Waals surface area contributed by atoms with Gasteiger partial charge in [-0.2, -0.15) is 22.0 Å². The highest BCUT2D eigenvalue weighted by Crippen LogP contribution is 2.43. The lowest BCUT2D eigenvalue weighted by atomic mass is 10.1. The quantitative estimate of drug-likeness (QED) is 0.868. The summed E-state index contributed by atoms with van der Waals surface area (Å²) < 4.78 is 66.3. The van der Waals surface area contributed by atoms with Crippen molar-refractivity contribution in [1.82, 2.24) is 9.97 Å². The normalized spacial score (nSPS) is 12.5. The summed E-state index contributed by atoms with van der Waals surface area (Å²) in [6, 6.07) is 3.74. The van der Waals surface area contributed by atoms with Crippen molar-refractivity contribution in [3.63, 3.8) is 0 Å². The fraction of sp³-hybridized carbons (Fsp3) is 0.182. The Labute approximate surface area is 114 Å². The van der Waals surface area contributed by atoms with E-state index in [9.17, 15) is 22.0 Å². The van der Waals surface area contributed by atoms with Gasteiger partial charge in [0.25, 0.3) is 0 Å². The van der Waals surface area contributed by atoms with E-state index in [1.165, 1.54) is 18.3 Å². The van der Waals surface area contributed by atoms with E-state index in [1.807, 2.05) is 0 Å². The fourth-order valence-corrected chi connectivity index (χ4v) is 1.58. The molecule has 0 aliphatic rings. The number of para-hydroxylation sites is 1. The highest BCUT2D eigenvalue weighted by atomic mass is 35.5. The Morgan fingerprint density at radius 3 is 2.45 bits per heavy atom. The lowest BCUT2D eigenvalue weighted by molar-refractivity contribution is -0.360. The molecular formula is C11H5ClF5N2O. The number of hydrogen-bond acceptors (Lipinski definition) is 2. The van der Waals surface area contributed by atoms with Crippen molar-refractivity contribution in [2.24, 2.45) is 0 Å². The van der Waals surface area contributed by atoms with Gasteiger partial charge < -0.3 is 9.72 Å². The van der Waals surface area contributed by atoms with Crippen LogP contribution in [0.3, 0.4) is 0 Å². The van der Waals surface area contributed by atoms with E-state index in [2.05, 4.69) is 21.0 Å². The van der Waals surface area contributed by atoms with Gasteiger partial charge in [0.15, 0.2) is 12.1 Å². The Morgan fingerprint density at radius 1 is 1.20 bits per heavy atom. The molecular weight excluding hydrogens is 307 g/mol. The van der Waals surface area contributed by atoms with Crippen molar-refractivity contribution in [3.05, 3.63) is 35.7 Å². The van der Waals surface area contributed by atoms with Crippen molar-refractivity contribution < 1.29 is 26.7 Å². The standard InChI is InChI=1S/C11H5ClF5N2O/c12-7-3-1-2-6(8-4-18-5-19-8)9(7)20-11(16,17)10(13,14)15/h1-4H,(H,18,19). The van der Waals surface area contributed by atoms with Crippen molar-refractivity contribution in [2.75, 3.05) is 0 Å². The Balaban J connectivity index is 2.47. The predicted molar refractivity (Wildman–Crippen MR) is 59.5 cm³/mol. The number of halogens is 6. The van der Waals surface area contributed by atoms with E-state index in [4.69, 9.17) is 11.6 Å². The van der Waals surface area contributed by atoms with Crippen LogP contribution in [-0.2, 0) is 0 Å². The maximum absolute atomic E-state index is 13.0. The van der Waals surface area contributed by atoms with Gasteiger partial charge in [0.2, 0.25) is 0 Å². The van der Waals surface area contributed by atoms with Gasteiger partial charge in [-0.05, 0) is 12.1 Å². The molecule has 3 nitrogen and oxygen atoms in total. The maximum Gasteiger partial charge on any atom is 0.499 e. The van der Waals surface area contributed by atoms with E-state index >= 15 is 0 Å². The third kappa shape index (κ3) is 2.69. The molecule has 20 heavy (non-hydrogen) atoms. The summed E-state index contributed by atoms with van der Waals surface area (Å²) >= 11 is 5.63. The molecule has 0 bridgehead atoms. The first-order valence-electron chi connectivity index (χ1n) is 5.06. The summed E-state index contributed by atoms with van der Waals surface area (Å²) in [5.41, 5.74) is -0.0422. The first-order valence-corrected chi connectivity index (χ1v) is 5.44. The molecule has 107 valence electrons. The zero-order valence-corrected chi connectivity index (χ0v) is 10.2. The second-order valence-electron chi connectivity index (χ2n) is 3.63. The minimum Gasteiger partial charge on any atom is -0.423 e. The number of rotatable bonds is 3. The third-order valence-electron chi connectivity index (χ3n) is 2.25. The number of alkyl halides is 5. The summed E-state index contributed by atoms with van der Waals surface area (Å²) in [5, 5.41) is -0.394. The first-order chi connectivity index (χ1) is 9.22. The summed E-state index contributed by atoms with van der Waals surface area (Å²) in [6.45, 7) is 0. The van der Waals surface area contributed by atoms with Crippen LogP contribution in [0.4, 0.5) is 22.0 Å². The van der Waals surface area contributed by atoms with Crippen LogP contribution in [0.15, 0.2) is 24.4 Å². The van der Waals surface area contributed by atoms with Crippen molar-refractivity contribution in [1.29, 1.82) is 0 Å². The van der Waals surface area contributed by atoms with Gasteiger partial charge >= 0.3 is 12.3 Å². The van der Waals surface area contributed by atoms with Gasteiger partial charge in [0, 0.05) is 11.8 Å². The van der Waals surface area contributed by atoms with E-state index in [0.717, 1.165) is 6.07 Å². The number of hydrogen-bond donors (Lipinski definition) is 1. The van der Waals surface area contributed by atoms with Crippen LogP contribution in [0, 0.1) is 6.33 Å².